The van der Waals surface area contributed by atoms with Gasteiger partial charge in [-0.1, -0.05) is 27.7 Å². The van der Waals surface area contributed by atoms with Crippen LogP contribution in [0.25, 0.3) is 0 Å². The minimum Gasteiger partial charge on any atom is -0.457 e. The van der Waals surface area contributed by atoms with Crippen molar-refractivity contribution < 1.29 is 27.9 Å². The molecule has 0 atom stereocenters. The van der Waals surface area contributed by atoms with Crippen LogP contribution in [0.15, 0.2) is 13.6 Å². The van der Waals surface area contributed by atoms with E-state index in [0.717, 1.165) is 0 Å². The average molecular weight is 286 g/mol. The molecule has 7 heteroatoms. The largest absolute Gasteiger partial charge is 0.519 e. The smallest absolute Gasteiger partial charge is 0.457 e. The van der Waals surface area contributed by atoms with Gasteiger partial charge in [0.15, 0.2) is 24.7 Å². The van der Waals surface area contributed by atoms with Crippen molar-refractivity contribution >= 4 is 11.9 Å². The van der Waals surface area contributed by atoms with Crippen LogP contribution in [0.2, 0.25) is 0 Å². The van der Waals surface area contributed by atoms with Crippen molar-refractivity contribution in [3.63, 3.8) is 0 Å². The molecule has 0 saturated heterocycles. The first-order chi connectivity index (χ1) is 9.31. The average Bonchev–Trinajstić information content (AvgIpc) is 2.72. The second-order valence-corrected chi connectivity index (χ2v) is 4.83. The van der Waals surface area contributed by atoms with E-state index in [1.54, 1.807) is 27.7 Å². The van der Waals surface area contributed by atoms with Crippen molar-refractivity contribution in [2.24, 2.45) is 11.8 Å². The van der Waals surface area contributed by atoms with Crippen LogP contribution in [0.5, 0.6) is 0 Å². The number of ether oxygens (including phenoxy) is 2. The molecular formula is C13H18O7. The highest BCUT2D eigenvalue weighted by atomic mass is 16.6. The summed E-state index contributed by atoms with van der Waals surface area (Å²) >= 11 is 0. The molecule has 0 fully saturated rings. The lowest BCUT2D eigenvalue weighted by molar-refractivity contribution is -0.151. The highest BCUT2D eigenvalue weighted by molar-refractivity contribution is 5.71. The number of hydrogen-bond donors (Lipinski definition) is 0. The van der Waals surface area contributed by atoms with Crippen molar-refractivity contribution in [1.82, 2.24) is 0 Å². The molecule has 0 saturated carbocycles. The van der Waals surface area contributed by atoms with Crippen molar-refractivity contribution in [2.75, 3.05) is 0 Å². The fourth-order valence-electron chi connectivity index (χ4n) is 1.16. The van der Waals surface area contributed by atoms with Crippen LogP contribution in [0.1, 0.15) is 39.2 Å². The van der Waals surface area contributed by atoms with Gasteiger partial charge in [0.25, 0.3) is 0 Å². The number of rotatable bonds is 6. The number of carbonyl (C=O) groups is 2. The lowest BCUT2D eigenvalue weighted by Crippen LogP contribution is -2.13. The van der Waals surface area contributed by atoms with E-state index < -0.39 is 17.8 Å². The molecule has 0 amide bonds. The molecule has 0 bridgehead atoms. The van der Waals surface area contributed by atoms with E-state index in [9.17, 15) is 14.4 Å². The molecule has 1 rings (SSSR count). The van der Waals surface area contributed by atoms with E-state index >= 15 is 0 Å². The molecule has 0 spiro atoms. The third kappa shape index (κ3) is 4.56. The van der Waals surface area contributed by atoms with Crippen LogP contribution in [0.4, 0.5) is 0 Å². The summed E-state index contributed by atoms with van der Waals surface area (Å²) in [5.41, 5.74) is 0. The summed E-state index contributed by atoms with van der Waals surface area (Å²) in [6.45, 7) is 6.24. The van der Waals surface area contributed by atoms with Gasteiger partial charge in [0.05, 0.1) is 11.8 Å². The first kappa shape index (κ1) is 16.0. The predicted molar refractivity (Wildman–Crippen MR) is 66.5 cm³/mol. The molecule has 1 aromatic rings. The summed E-state index contributed by atoms with van der Waals surface area (Å²) in [7, 11) is 0. The van der Waals surface area contributed by atoms with Crippen molar-refractivity contribution in [1.29, 1.82) is 0 Å². The third-order valence-electron chi connectivity index (χ3n) is 2.36. The molecular weight excluding hydrogens is 268 g/mol. The van der Waals surface area contributed by atoms with Crippen LogP contribution < -0.4 is 5.82 Å². The van der Waals surface area contributed by atoms with Crippen LogP contribution in [0, 0.1) is 11.8 Å². The molecule has 0 aliphatic rings. The van der Waals surface area contributed by atoms with Crippen molar-refractivity contribution in [3.8, 4) is 0 Å². The third-order valence-corrected chi connectivity index (χ3v) is 2.36. The van der Waals surface area contributed by atoms with Crippen LogP contribution in [-0.4, -0.2) is 11.9 Å². The van der Waals surface area contributed by atoms with Crippen molar-refractivity contribution in [3.05, 3.63) is 22.1 Å². The van der Waals surface area contributed by atoms with Gasteiger partial charge in [-0.05, 0) is 0 Å². The maximum Gasteiger partial charge on any atom is 0.519 e. The Morgan fingerprint density at radius 3 is 1.55 bits per heavy atom. The molecule has 7 nitrogen and oxygen atoms in total. The second-order valence-electron chi connectivity index (χ2n) is 4.83. The fourth-order valence-corrected chi connectivity index (χ4v) is 1.16. The van der Waals surface area contributed by atoms with E-state index in [0.29, 0.717) is 0 Å². The fraction of sp³-hybridized carbons (Fsp3) is 0.615. The zero-order chi connectivity index (χ0) is 15.3. The first-order valence-electron chi connectivity index (χ1n) is 6.26. The summed E-state index contributed by atoms with van der Waals surface area (Å²) < 4.78 is 19.3. The Labute approximate surface area is 115 Å². The summed E-state index contributed by atoms with van der Waals surface area (Å²) in [6, 6.07) is 0. The molecule has 0 aliphatic heterocycles. The molecule has 1 heterocycles. The van der Waals surface area contributed by atoms with E-state index in [1.165, 1.54) is 0 Å². The first-order valence-corrected chi connectivity index (χ1v) is 6.26. The minimum atomic E-state index is -0.934. The lowest BCUT2D eigenvalue weighted by Gasteiger charge is -2.07. The van der Waals surface area contributed by atoms with Gasteiger partial charge < -0.3 is 18.3 Å². The Hall–Kier alpha value is -2.05. The lowest BCUT2D eigenvalue weighted by atomic mass is 10.2. The van der Waals surface area contributed by atoms with Crippen LogP contribution in [-0.2, 0) is 32.3 Å². The van der Waals surface area contributed by atoms with E-state index in [-0.39, 0.29) is 36.6 Å². The number of esters is 2. The van der Waals surface area contributed by atoms with E-state index in [4.69, 9.17) is 18.3 Å². The van der Waals surface area contributed by atoms with Gasteiger partial charge in [0, 0.05) is 0 Å². The van der Waals surface area contributed by atoms with Gasteiger partial charge in [0.2, 0.25) is 0 Å². The molecule has 0 N–H and O–H groups in total. The van der Waals surface area contributed by atoms with Crippen molar-refractivity contribution in [2.45, 2.75) is 40.9 Å². The summed E-state index contributed by atoms with van der Waals surface area (Å²) in [5.74, 6) is -2.30. The van der Waals surface area contributed by atoms with Crippen LogP contribution >= 0.6 is 0 Å². The maximum atomic E-state index is 11.3. The van der Waals surface area contributed by atoms with Gasteiger partial charge in [-0.2, -0.15) is 0 Å². The zero-order valence-electron chi connectivity index (χ0n) is 11.9. The standard InChI is InChI=1S/C13H18O7/c1-7(2)11(14)17-5-9-10(20-13(16)19-9)6-18-12(15)8(3)4/h7-8H,5-6H2,1-4H3. The van der Waals surface area contributed by atoms with Gasteiger partial charge in [-0.15, -0.1) is 0 Å². The Bertz CT molecular complexity index is 477. The highest BCUT2D eigenvalue weighted by Gasteiger charge is 2.18. The quantitative estimate of drug-likeness (QED) is 0.733. The van der Waals surface area contributed by atoms with Gasteiger partial charge >= 0.3 is 17.8 Å². The normalized spacial score (nSPS) is 10.9. The van der Waals surface area contributed by atoms with Gasteiger partial charge in [0.1, 0.15) is 0 Å². The Morgan fingerprint density at radius 1 is 0.900 bits per heavy atom. The number of hydrogen-bond acceptors (Lipinski definition) is 7. The summed E-state index contributed by atoms with van der Waals surface area (Å²) in [5, 5.41) is 0. The van der Waals surface area contributed by atoms with E-state index in [1.807, 2.05) is 0 Å². The van der Waals surface area contributed by atoms with Gasteiger partial charge in [-0.25, -0.2) is 4.79 Å². The SMILES string of the molecule is CC(C)C(=O)OCc1oc(=O)oc1COC(=O)C(C)C. The molecule has 20 heavy (non-hydrogen) atoms. The topological polar surface area (TPSA) is 96.0 Å². The molecule has 112 valence electrons. The highest BCUT2D eigenvalue weighted by Crippen LogP contribution is 2.12. The predicted octanol–water partition coefficient (Wildman–Crippen LogP) is 1.63. The maximum absolute atomic E-state index is 11.3. The molecule has 0 aromatic carbocycles. The molecule has 0 aliphatic carbocycles. The Morgan fingerprint density at radius 2 is 1.25 bits per heavy atom. The molecule has 1 aromatic heterocycles. The summed E-state index contributed by atoms with van der Waals surface area (Å²) in [6.07, 6.45) is 0. The van der Waals surface area contributed by atoms with E-state index in [2.05, 4.69) is 0 Å². The molecule has 0 radical (unpaired) electrons. The monoisotopic (exact) mass is 286 g/mol. The Kier molecular flexibility index (Phi) is 5.54. The number of carbonyl (C=O) groups excluding carboxylic acids is 2. The minimum absolute atomic E-state index is 0.0422. The second kappa shape index (κ2) is 6.93. The molecule has 0 unspecified atom stereocenters. The zero-order valence-corrected chi connectivity index (χ0v) is 11.9. The summed E-state index contributed by atoms with van der Waals surface area (Å²) in [4.78, 5) is 33.7. The Balaban J connectivity index is 2.66. The van der Waals surface area contributed by atoms with Gasteiger partial charge in [-0.3, -0.25) is 9.59 Å². The van der Waals surface area contributed by atoms with Crippen LogP contribution in [0.3, 0.4) is 0 Å².